The maximum Gasteiger partial charge on any atom is 0.251 e. The van der Waals surface area contributed by atoms with Crippen molar-refractivity contribution in [3.05, 3.63) is 60.7 Å². The predicted octanol–water partition coefficient (Wildman–Crippen LogP) is 2.20. The molecule has 2 aromatic heterocycles. The summed E-state index contributed by atoms with van der Waals surface area (Å²) in [6.45, 7) is 0. The van der Waals surface area contributed by atoms with Gasteiger partial charge in [-0.25, -0.2) is 14.6 Å². The molecule has 90 valence electrons. The minimum absolute atomic E-state index is 0.321. The molecule has 0 aliphatic heterocycles. The maximum absolute atomic E-state index is 8.82. The average molecular weight is 247 g/mol. The Morgan fingerprint density at radius 3 is 2.68 bits per heavy atom. The van der Waals surface area contributed by atoms with E-state index >= 15 is 0 Å². The number of nitrogens with zero attached hydrogens (tertiary/aromatic N) is 5. The van der Waals surface area contributed by atoms with Crippen LogP contribution in [0.2, 0.25) is 0 Å². The standard InChI is InChI=1S/C14H9N5/c15-8-13-6-7-16-14(18-13)19-10-12(9-17-19)11-4-2-1-3-5-11/h1-7,9-10H. The molecule has 0 N–H and O–H groups in total. The zero-order chi connectivity index (χ0) is 13.1. The zero-order valence-electron chi connectivity index (χ0n) is 9.93. The third kappa shape index (κ3) is 2.19. The SMILES string of the molecule is N#Cc1ccnc(-n2cc(-c3ccccc3)cn2)n1. The summed E-state index contributed by atoms with van der Waals surface area (Å²) in [5.41, 5.74) is 2.37. The second kappa shape index (κ2) is 4.70. The van der Waals surface area contributed by atoms with Crippen LogP contribution in [0.3, 0.4) is 0 Å². The van der Waals surface area contributed by atoms with E-state index in [4.69, 9.17) is 5.26 Å². The molecule has 3 aromatic rings. The smallest absolute Gasteiger partial charge is 0.220 e. The van der Waals surface area contributed by atoms with E-state index in [0.29, 0.717) is 11.6 Å². The number of nitriles is 1. The molecule has 19 heavy (non-hydrogen) atoms. The maximum atomic E-state index is 8.82. The molecule has 0 spiro atoms. The average Bonchev–Trinajstić information content (AvgIpc) is 2.98. The Bertz CT molecular complexity index is 740. The molecule has 0 aliphatic rings. The van der Waals surface area contributed by atoms with E-state index in [1.807, 2.05) is 42.6 Å². The highest BCUT2D eigenvalue weighted by Crippen LogP contribution is 2.18. The third-order valence-corrected chi connectivity index (χ3v) is 2.65. The molecular formula is C14H9N5. The summed E-state index contributed by atoms with van der Waals surface area (Å²) in [4.78, 5) is 8.20. The number of aromatic nitrogens is 4. The Balaban J connectivity index is 2.00. The van der Waals surface area contributed by atoms with Crippen LogP contribution in [0.1, 0.15) is 5.69 Å². The Hall–Kier alpha value is -3.00. The molecule has 0 saturated heterocycles. The molecule has 0 atom stereocenters. The molecule has 0 radical (unpaired) electrons. The fraction of sp³-hybridized carbons (Fsp3) is 0. The van der Waals surface area contributed by atoms with Gasteiger partial charge in [-0.15, -0.1) is 0 Å². The number of hydrogen-bond donors (Lipinski definition) is 0. The lowest BCUT2D eigenvalue weighted by Gasteiger charge is -1.98. The molecule has 1 aromatic carbocycles. The summed E-state index contributed by atoms with van der Waals surface area (Å²) in [6, 6.07) is 13.5. The van der Waals surface area contributed by atoms with E-state index in [-0.39, 0.29) is 0 Å². The Labute approximate surface area is 109 Å². The second-order valence-electron chi connectivity index (χ2n) is 3.89. The molecule has 0 saturated carbocycles. The van der Waals surface area contributed by atoms with E-state index in [0.717, 1.165) is 11.1 Å². The Morgan fingerprint density at radius 1 is 1.05 bits per heavy atom. The van der Waals surface area contributed by atoms with Gasteiger partial charge in [-0.1, -0.05) is 30.3 Å². The van der Waals surface area contributed by atoms with Crippen LogP contribution in [0.25, 0.3) is 17.1 Å². The van der Waals surface area contributed by atoms with Crippen molar-refractivity contribution in [2.45, 2.75) is 0 Å². The van der Waals surface area contributed by atoms with Crippen molar-refractivity contribution in [3.63, 3.8) is 0 Å². The second-order valence-corrected chi connectivity index (χ2v) is 3.89. The molecular weight excluding hydrogens is 238 g/mol. The highest BCUT2D eigenvalue weighted by molar-refractivity contribution is 5.61. The quantitative estimate of drug-likeness (QED) is 0.696. The predicted molar refractivity (Wildman–Crippen MR) is 69.3 cm³/mol. The van der Waals surface area contributed by atoms with Crippen molar-refractivity contribution in [2.24, 2.45) is 0 Å². The van der Waals surface area contributed by atoms with Crippen molar-refractivity contribution < 1.29 is 0 Å². The highest BCUT2D eigenvalue weighted by Gasteiger charge is 2.05. The van der Waals surface area contributed by atoms with E-state index < -0.39 is 0 Å². The minimum atomic E-state index is 0.321. The van der Waals surface area contributed by atoms with E-state index in [1.165, 1.54) is 0 Å². The number of rotatable bonds is 2. The van der Waals surface area contributed by atoms with Crippen LogP contribution >= 0.6 is 0 Å². The van der Waals surface area contributed by atoms with Crippen molar-refractivity contribution in [2.75, 3.05) is 0 Å². The van der Waals surface area contributed by atoms with Crippen LogP contribution in [0.15, 0.2) is 55.0 Å². The summed E-state index contributed by atoms with van der Waals surface area (Å²) in [5, 5.41) is 13.0. The van der Waals surface area contributed by atoms with Gasteiger partial charge in [0, 0.05) is 18.0 Å². The van der Waals surface area contributed by atoms with Crippen LogP contribution in [-0.2, 0) is 0 Å². The van der Waals surface area contributed by atoms with E-state index in [2.05, 4.69) is 15.1 Å². The molecule has 3 rings (SSSR count). The van der Waals surface area contributed by atoms with Gasteiger partial charge in [0.25, 0.3) is 5.95 Å². The lowest BCUT2D eigenvalue weighted by Crippen LogP contribution is -2.01. The molecule has 5 nitrogen and oxygen atoms in total. The van der Waals surface area contributed by atoms with Crippen molar-refractivity contribution >= 4 is 0 Å². The van der Waals surface area contributed by atoms with Crippen LogP contribution in [0.5, 0.6) is 0 Å². The van der Waals surface area contributed by atoms with Crippen LogP contribution in [0, 0.1) is 11.3 Å². The van der Waals surface area contributed by atoms with Gasteiger partial charge in [-0.2, -0.15) is 10.4 Å². The normalized spacial score (nSPS) is 10.1. The van der Waals surface area contributed by atoms with Gasteiger partial charge in [0.2, 0.25) is 0 Å². The Kier molecular flexibility index (Phi) is 2.75. The largest absolute Gasteiger partial charge is 0.251 e. The third-order valence-electron chi connectivity index (χ3n) is 2.65. The van der Waals surface area contributed by atoms with Crippen molar-refractivity contribution in [1.82, 2.24) is 19.7 Å². The van der Waals surface area contributed by atoms with Gasteiger partial charge in [-0.05, 0) is 11.6 Å². The molecule has 0 unspecified atom stereocenters. The lowest BCUT2D eigenvalue weighted by molar-refractivity contribution is 0.805. The van der Waals surface area contributed by atoms with Gasteiger partial charge < -0.3 is 0 Å². The molecule has 0 fully saturated rings. The topological polar surface area (TPSA) is 67.4 Å². The first-order chi connectivity index (χ1) is 9.36. The van der Waals surface area contributed by atoms with Crippen molar-refractivity contribution in [1.29, 1.82) is 5.26 Å². The van der Waals surface area contributed by atoms with Gasteiger partial charge >= 0.3 is 0 Å². The van der Waals surface area contributed by atoms with E-state index in [1.54, 1.807) is 23.1 Å². The molecule has 0 bridgehead atoms. The van der Waals surface area contributed by atoms with Crippen LogP contribution in [0.4, 0.5) is 0 Å². The monoisotopic (exact) mass is 247 g/mol. The van der Waals surface area contributed by atoms with Gasteiger partial charge in [-0.3, -0.25) is 0 Å². The van der Waals surface area contributed by atoms with Crippen molar-refractivity contribution in [3.8, 4) is 23.1 Å². The molecule has 2 heterocycles. The number of benzene rings is 1. The first kappa shape index (κ1) is 11.1. The minimum Gasteiger partial charge on any atom is -0.220 e. The number of hydrogen-bond acceptors (Lipinski definition) is 4. The first-order valence-corrected chi connectivity index (χ1v) is 5.70. The molecule has 0 amide bonds. The van der Waals surface area contributed by atoms with Crippen LogP contribution < -0.4 is 0 Å². The summed E-state index contributed by atoms with van der Waals surface area (Å²) in [6.07, 6.45) is 5.13. The molecule has 5 heteroatoms. The van der Waals surface area contributed by atoms with Gasteiger partial charge in [0.1, 0.15) is 11.8 Å². The van der Waals surface area contributed by atoms with Crippen LogP contribution in [-0.4, -0.2) is 19.7 Å². The zero-order valence-corrected chi connectivity index (χ0v) is 9.93. The lowest BCUT2D eigenvalue weighted by atomic mass is 10.1. The summed E-state index contributed by atoms with van der Waals surface area (Å²) < 4.78 is 1.56. The summed E-state index contributed by atoms with van der Waals surface area (Å²) in [5.74, 6) is 0.390. The summed E-state index contributed by atoms with van der Waals surface area (Å²) >= 11 is 0. The highest BCUT2D eigenvalue weighted by atomic mass is 15.3. The molecule has 0 aliphatic carbocycles. The van der Waals surface area contributed by atoms with E-state index in [9.17, 15) is 0 Å². The Morgan fingerprint density at radius 2 is 1.89 bits per heavy atom. The van der Waals surface area contributed by atoms with Gasteiger partial charge in [0.15, 0.2) is 0 Å². The fourth-order valence-electron chi connectivity index (χ4n) is 1.73. The van der Waals surface area contributed by atoms with Gasteiger partial charge in [0.05, 0.1) is 6.20 Å². The fourth-order valence-corrected chi connectivity index (χ4v) is 1.73. The summed E-state index contributed by atoms with van der Waals surface area (Å²) in [7, 11) is 0. The first-order valence-electron chi connectivity index (χ1n) is 5.70.